The number of aliphatic carboxylic acids is 2. The first kappa shape index (κ1) is 54.9. The highest BCUT2D eigenvalue weighted by Gasteiger charge is 2.45. The van der Waals surface area contributed by atoms with Gasteiger partial charge in [0.2, 0.25) is 47.3 Å². The minimum atomic E-state index is -1.61. The normalized spacial score (nSPS) is 22.6. The summed E-state index contributed by atoms with van der Waals surface area (Å²) >= 11 is 1.54. The van der Waals surface area contributed by atoms with E-state index in [-0.39, 0.29) is 57.0 Å². The molecule has 10 N–H and O–H groups in total. The first-order valence-electron chi connectivity index (χ1n) is 23.8. The molecule has 70 heavy (non-hydrogen) atoms. The third-order valence-electron chi connectivity index (χ3n) is 13.3. The Balaban J connectivity index is 1.31. The smallest absolute Gasteiger partial charge is 0.326 e. The van der Waals surface area contributed by atoms with Gasteiger partial charge in [0.15, 0.2) is 0 Å². The van der Waals surface area contributed by atoms with E-state index in [0.29, 0.717) is 56.4 Å². The third kappa shape index (κ3) is 13.9. The zero-order valence-corrected chi connectivity index (χ0v) is 40.6. The fourth-order valence-corrected chi connectivity index (χ4v) is 10.1. The van der Waals surface area contributed by atoms with Crippen molar-refractivity contribution in [3.8, 4) is 5.75 Å². The second-order valence-corrected chi connectivity index (χ2v) is 19.4. The van der Waals surface area contributed by atoms with Crippen molar-refractivity contribution in [2.24, 2.45) is 5.73 Å². The van der Waals surface area contributed by atoms with E-state index in [9.17, 15) is 68.4 Å². The number of nitrogens with one attached hydrogen (secondary N) is 4. The molecule has 0 spiro atoms. The van der Waals surface area contributed by atoms with Gasteiger partial charge in [-0.1, -0.05) is 12.1 Å². The second kappa shape index (κ2) is 25.2. The van der Waals surface area contributed by atoms with Crippen LogP contribution in [-0.4, -0.2) is 198 Å². The molecule has 0 unspecified atom stereocenters. The fraction of sp³-hybridized carbons (Fsp3) is 0.652. The molecule has 4 aliphatic rings. The number of rotatable bonds is 22. The number of aliphatic hydroxyl groups is 1. The summed E-state index contributed by atoms with van der Waals surface area (Å²) in [5.41, 5.74) is 6.64. The molecule has 1 aromatic carbocycles. The van der Waals surface area contributed by atoms with Crippen LogP contribution >= 0.6 is 11.8 Å². The summed E-state index contributed by atoms with van der Waals surface area (Å²) in [7, 11) is 0. The van der Waals surface area contributed by atoms with Crippen molar-refractivity contribution in [1.82, 2.24) is 40.9 Å². The Hall–Kier alpha value is -6.01. The molecule has 0 radical (unpaired) electrons. The summed E-state index contributed by atoms with van der Waals surface area (Å²) in [4.78, 5) is 139. The van der Waals surface area contributed by atoms with Gasteiger partial charge in [-0.15, -0.1) is 0 Å². The standard InChI is InChI=1S/C46H67N9O14S/c1-25(42(64)55-22-7-11-35(55)46(68)69)48-41(63)37(26(2)56)51-40(62)33-9-4-19-52(33)44(66)31(24-27-12-14-28(57)15-13-27)50-38(60)30(16-17-36(58)59)49-39(61)32-8-5-20-53(32)45(67)34-10-6-21-54(34)43(65)29(47)18-23-70-3/h12-15,25-26,29-35,37,56-57H,4-11,16-24,47H2,1-3H3,(H,48,63)(H,49,61)(H,50,60)(H,51,62)(H,58,59)(H,68,69)/t25-,26+,29-,30-,31-,32-,33-,34-,35-,37-/m0/s1. The first-order valence-corrected chi connectivity index (χ1v) is 25.2. The molecule has 386 valence electrons. The summed E-state index contributed by atoms with van der Waals surface area (Å²) < 4.78 is 0. The van der Waals surface area contributed by atoms with Crippen LogP contribution < -0.4 is 27.0 Å². The van der Waals surface area contributed by atoms with Crippen LogP contribution in [0.4, 0.5) is 0 Å². The lowest BCUT2D eigenvalue weighted by Gasteiger charge is -2.33. The zero-order chi connectivity index (χ0) is 51.4. The van der Waals surface area contributed by atoms with Crippen LogP contribution in [0.3, 0.4) is 0 Å². The number of carbonyl (C=O) groups excluding carboxylic acids is 8. The Labute approximate surface area is 409 Å². The van der Waals surface area contributed by atoms with Crippen LogP contribution in [0.5, 0.6) is 5.75 Å². The summed E-state index contributed by atoms with van der Waals surface area (Å²) in [6.07, 6.45) is 2.37. The Morgan fingerprint density at radius 1 is 0.657 bits per heavy atom. The van der Waals surface area contributed by atoms with Crippen molar-refractivity contribution in [3.05, 3.63) is 29.8 Å². The maximum atomic E-state index is 14.6. The molecule has 0 saturated carbocycles. The van der Waals surface area contributed by atoms with Gasteiger partial charge in [-0.25, -0.2) is 4.79 Å². The molecule has 4 fully saturated rings. The highest BCUT2D eigenvalue weighted by molar-refractivity contribution is 7.98. The molecule has 0 aliphatic carbocycles. The number of carbonyl (C=O) groups is 10. The minimum Gasteiger partial charge on any atom is -0.508 e. The van der Waals surface area contributed by atoms with E-state index < -0.39 is 127 Å². The Bertz CT molecular complexity index is 2110. The fourth-order valence-electron chi connectivity index (χ4n) is 9.57. The number of amides is 8. The number of carboxylic acid groups (broad SMARTS) is 2. The van der Waals surface area contributed by atoms with Gasteiger partial charge in [-0.2, -0.15) is 11.8 Å². The topological polar surface area (TPSA) is 339 Å². The monoisotopic (exact) mass is 1000 g/mol. The maximum absolute atomic E-state index is 14.6. The number of benzene rings is 1. The predicted molar refractivity (Wildman–Crippen MR) is 251 cm³/mol. The van der Waals surface area contributed by atoms with E-state index in [0.717, 1.165) is 4.90 Å². The molecule has 24 heteroatoms. The van der Waals surface area contributed by atoms with Crippen LogP contribution in [0.25, 0.3) is 0 Å². The summed E-state index contributed by atoms with van der Waals surface area (Å²) in [5.74, 6) is -7.55. The molecule has 0 bridgehead atoms. The minimum absolute atomic E-state index is 0.0228. The van der Waals surface area contributed by atoms with E-state index in [1.54, 1.807) is 11.8 Å². The van der Waals surface area contributed by atoms with Crippen LogP contribution in [0.15, 0.2) is 24.3 Å². The van der Waals surface area contributed by atoms with Gasteiger partial charge in [-0.3, -0.25) is 43.2 Å². The molecule has 4 aliphatic heterocycles. The number of nitrogens with zero attached hydrogens (tertiary/aromatic N) is 4. The number of likely N-dealkylation sites (tertiary alicyclic amines) is 4. The Kier molecular flexibility index (Phi) is 19.8. The number of nitrogens with two attached hydrogens (primary N) is 1. The van der Waals surface area contributed by atoms with Crippen molar-refractivity contribution in [2.45, 2.75) is 151 Å². The van der Waals surface area contributed by atoms with Gasteiger partial charge in [0, 0.05) is 39.0 Å². The molecular weight excluding hydrogens is 935 g/mol. The SMILES string of the molecule is CSCC[C@H](N)C(=O)N1CCC[C@H]1C(=O)N1CCC[C@H]1C(=O)N[C@@H](CCC(=O)O)C(=O)N[C@@H](Cc1ccc(O)cc1)C(=O)N1CCC[C@H]1C(=O)N[C@H](C(=O)N[C@@H](C)C(=O)N1CCC[C@H]1C(=O)O)[C@@H](C)O. The van der Waals surface area contributed by atoms with Gasteiger partial charge in [0.25, 0.3) is 0 Å². The number of aliphatic hydroxyl groups excluding tert-OH is 1. The molecule has 23 nitrogen and oxygen atoms in total. The van der Waals surface area contributed by atoms with E-state index in [4.69, 9.17) is 5.73 Å². The van der Waals surface area contributed by atoms with Crippen LogP contribution in [0.1, 0.15) is 90.0 Å². The van der Waals surface area contributed by atoms with Crippen molar-refractivity contribution < 1.29 is 68.4 Å². The quantitative estimate of drug-likeness (QED) is 0.0623. The first-order chi connectivity index (χ1) is 33.2. The number of hydrogen-bond acceptors (Lipinski definition) is 14. The number of hydrogen-bond donors (Lipinski definition) is 9. The largest absolute Gasteiger partial charge is 0.508 e. The summed E-state index contributed by atoms with van der Waals surface area (Å²) in [6, 6.07) is -5.01. The lowest BCUT2D eigenvalue weighted by Crippen LogP contribution is -2.61. The van der Waals surface area contributed by atoms with E-state index in [1.807, 2.05) is 6.26 Å². The van der Waals surface area contributed by atoms with E-state index >= 15 is 0 Å². The highest BCUT2D eigenvalue weighted by Crippen LogP contribution is 2.27. The van der Waals surface area contributed by atoms with Crippen molar-refractivity contribution >= 4 is 71.0 Å². The van der Waals surface area contributed by atoms with E-state index in [2.05, 4.69) is 21.3 Å². The number of phenolic OH excluding ortho intramolecular Hbond substituents is 1. The van der Waals surface area contributed by atoms with Gasteiger partial charge < -0.3 is 67.0 Å². The van der Waals surface area contributed by atoms with Crippen LogP contribution in [-0.2, 0) is 54.4 Å². The second-order valence-electron chi connectivity index (χ2n) is 18.4. The van der Waals surface area contributed by atoms with E-state index in [1.165, 1.54) is 52.8 Å². The zero-order valence-electron chi connectivity index (χ0n) is 39.7. The number of aromatic hydroxyl groups is 1. The van der Waals surface area contributed by atoms with Crippen molar-refractivity contribution in [1.29, 1.82) is 0 Å². The molecular formula is C46H67N9O14S. The maximum Gasteiger partial charge on any atom is 0.326 e. The average molecular weight is 1000 g/mol. The number of carboxylic acids is 2. The van der Waals surface area contributed by atoms with Crippen molar-refractivity contribution in [2.75, 3.05) is 38.2 Å². The van der Waals surface area contributed by atoms with Gasteiger partial charge in [0.1, 0.15) is 54.1 Å². The van der Waals surface area contributed by atoms with Crippen LogP contribution in [0.2, 0.25) is 0 Å². The van der Waals surface area contributed by atoms with Gasteiger partial charge >= 0.3 is 11.9 Å². The predicted octanol–water partition coefficient (Wildman–Crippen LogP) is -1.73. The van der Waals surface area contributed by atoms with Gasteiger partial charge in [0.05, 0.1) is 12.1 Å². The van der Waals surface area contributed by atoms with Gasteiger partial charge in [-0.05, 0) is 108 Å². The molecule has 10 atom stereocenters. The third-order valence-corrected chi connectivity index (χ3v) is 14.0. The van der Waals surface area contributed by atoms with Crippen molar-refractivity contribution in [3.63, 3.8) is 0 Å². The Morgan fingerprint density at radius 3 is 1.76 bits per heavy atom. The number of phenols is 1. The average Bonchev–Trinajstić information content (AvgIpc) is 4.18. The number of thioether (sulfide) groups is 1. The summed E-state index contributed by atoms with van der Waals surface area (Å²) in [6.45, 7) is 3.30. The molecule has 4 saturated heterocycles. The molecule has 4 heterocycles. The van der Waals surface area contributed by atoms with Crippen LogP contribution in [0, 0.1) is 0 Å². The molecule has 1 aromatic rings. The lowest BCUT2D eigenvalue weighted by atomic mass is 10.0. The lowest BCUT2D eigenvalue weighted by molar-refractivity contribution is -0.149. The summed E-state index contributed by atoms with van der Waals surface area (Å²) in [5, 5.41) is 49.9. The Morgan fingerprint density at radius 2 is 1.19 bits per heavy atom. The molecule has 0 aromatic heterocycles. The highest BCUT2D eigenvalue weighted by atomic mass is 32.2. The molecule has 5 rings (SSSR count). The molecule has 8 amide bonds.